The van der Waals surface area contributed by atoms with Crippen molar-refractivity contribution in [2.75, 3.05) is 44.3 Å². The predicted molar refractivity (Wildman–Crippen MR) is 110 cm³/mol. The first kappa shape index (κ1) is 20.3. The molecule has 3 heterocycles. The van der Waals surface area contributed by atoms with Gasteiger partial charge in [-0.05, 0) is 19.9 Å². The third kappa shape index (κ3) is 4.30. The highest BCUT2D eigenvalue weighted by atomic mass is 32.1. The van der Waals surface area contributed by atoms with Crippen molar-refractivity contribution in [1.82, 2.24) is 14.9 Å². The summed E-state index contributed by atoms with van der Waals surface area (Å²) in [6.07, 6.45) is 0. The van der Waals surface area contributed by atoms with Gasteiger partial charge in [0.05, 0.1) is 28.6 Å². The van der Waals surface area contributed by atoms with Gasteiger partial charge in [-0.25, -0.2) is 18.7 Å². The van der Waals surface area contributed by atoms with E-state index in [9.17, 15) is 13.6 Å². The van der Waals surface area contributed by atoms with Crippen LogP contribution in [0.1, 0.15) is 20.4 Å². The topological polar surface area (TPSA) is 58.6 Å². The van der Waals surface area contributed by atoms with Crippen LogP contribution in [0.4, 0.5) is 13.9 Å². The first-order chi connectivity index (χ1) is 13.9. The Morgan fingerprint density at radius 2 is 1.97 bits per heavy atom. The smallest absolute Gasteiger partial charge is 0.272 e. The number of halogens is 2. The molecule has 0 unspecified atom stereocenters. The van der Waals surface area contributed by atoms with Crippen LogP contribution < -0.4 is 4.90 Å². The molecule has 1 saturated heterocycles. The molecule has 6 nitrogen and oxygen atoms in total. The Labute approximate surface area is 174 Å². The number of carbonyl (C=O) groups is 1. The van der Waals surface area contributed by atoms with Gasteiger partial charge < -0.3 is 4.74 Å². The fourth-order valence-electron chi connectivity index (χ4n) is 3.26. The van der Waals surface area contributed by atoms with Gasteiger partial charge in [0, 0.05) is 32.2 Å². The average molecular weight is 439 g/mol. The second-order valence-corrected chi connectivity index (χ2v) is 9.00. The summed E-state index contributed by atoms with van der Waals surface area (Å²) < 4.78 is 33.5. The number of ether oxygens (including phenoxy) is 1. The van der Waals surface area contributed by atoms with Gasteiger partial charge in [0.15, 0.2) is 10.9 Å². The van der Waals surface area contributed by atoms with Crippen molar-refractivity contribution in [2.45, 2.75) is 13.8 Å². The van der Waals surface area contributed by atoms with Gasteiger partial charge in [0.1, 0.15) is 16.2 Å². The first-order valence-corrected chi connectivity index (χ1v) is 10.9. The molecule has 1 aromatic carbocycles. The lowest BCUT2D eigenvalue weighted by Gasteiger charge is -2.29. The summed E-state index contributed by atoms with van der Waals surface area (Å²) in [5, 5.41) is 1.16. The summed E-state index contributed by atoms with van der Waals surface area (Å²) in [6, 6.07) is 2.05. The quantitative estimate of drug-likeness (QED) is 0.609. The molecule has 3 aromatic rings. The van der Waals surface area contributed by atoms with E-state index in [0.29, 0.717) is 46.7 Å². The maximum absolute atomic E-state index is 14.2. The van der Waals surface area contributed by atoms with E-state index in [2.05, 4.69) is 14.9 Å². The van der Waals surface area contributed by atoms with E-state index in [-0.39, 0.29) is 11.4 Å². The van der Waals surface area contributed by atoms with E-state index >= 15 is 0 Å². The molecule has 0 N–H and O–H groups in total. The normalized spacial score (nSPS) is 15.2. The number of morpholine rings is 1. The molecular weight excluding hydrogens is 418 g/mol. The second kappa shape index (κ2) is 8.39. The Morgan fingerprint density at radius 1 is 1.21 bits per heavy atom. The van der Waals surface area contributed by atoms with Crippen LogP contribution in [0.3, 0.4) is 0 Å². The highest BCUT2D eigenvalue weighted by Crippen LogP contribution is 2.33. The van der Waals surface area contributed by atoms with E-state index in [0.717, 1.165) is 35.5 Å². The van der Waals surface area contributed by atoms with Gasteiger partial charge in [0.2, 0.25) is 0 Å². The van der Waals surface area contributed by atoms with Gasteiger partial charge in [-0.2, -0.15) is 0 Å². The van der Waals surface area contributed by atoms with Crippen molar-refractivity contribution >= 4 is 43.9 Å². The Balaban J connectivity index is 1.68. The molecule has 0 radical (unpaired) electrons. The standard InChI is InChI=1S/C19H20F2N4O2S2/c1-11-17(28-12(2)22-11)18(26)25(4-3-24-5-7-27-8-6-24)19-23-16-14(21)9-13(20)10-15(16)29-19/h9-10H,3-8H2,1-2H3. The molecular formula is C19H20F2N4O2S2. The number of aromatic nitrogens is 2. The van der Waals surface area contributed by atoms with E-state index in [1.807, 2.05) is 6.92 Å². The highest BCUT2D eigenvalue weighted by Gasteiger charge is 2.26. The number of amides is 1. The van der Waals surface area contributed by atoms with Gasteiger partial charge in [0.25, 0.3) is 5.91 Å². The Kier molecular flexibility index (Phi) is 5.86. The van der Waals surface area contributed by atoms with Crippen molar-refractivity contribution < 1.29 is 18.3 Å². The van der Waals surface area contributed by atoms with E-state index < -0.39 is 11.6 Å². The predicted octanol–water partition coefficient (Wildman–Crippen LogP) is 3.63. The number of rotatable bonds is 5. The largest absolute Gasteiger partial charge is 0.379 e. The summed E-state index contributed by atoms with van der Waals surface area (Å²) >= 11 is 2.44. The van der Waals surface area contributed by atoms with Crippen molar-refractivity contribution in [3.63, 3.8) is 0 Å². The molecule has 0 saturated carbocycles. The van der Waals surface area contributed by atoms with E-state index in [1.54, 1.807) is 11.8 Å². The summed E-state index contributed by atoms with van der Waals surface area (Å²) in [6.45, 7) is 7.57. The molecule has 29 heavy (non-hydrogen) atoms. The van der Waals surface area contributed by atoms with Gasteiger partial charge in [-0.15, -0.1) is 11.3 Å². The molecule has 1 aliphatic rings. The highest BCUT2D eigenvalue weighted by molar-refractivity contribution is 7.22. The van der Waals surface area contributed by atoms with Crippen molar-refractivity contribution in [2.24, 2.45) is 0 Å². The molecule has 1 aliphatic heterocycles. The number of aryl methyl sites for hydroxylation is 2. The van der Waals surface area contributed by atoms with Crippen molar-refractivity contribution in [3.8, 4) is 0 Å². The third-order valence-corrected chi connectivity index (χ3v) is 6.81. The van der Waals surface area contributed by atoms with Crippen LogP contribution in [0.25, 0.3) is 10.2 Å². The summed E-state index contributed by atoms with van der Waals surface area (Å²) in [5.41, 5.74) is 0.736. The molecule has 4 rings (SSSR count). The SMILES string of the molecule is Cc1nc(C)c(C(=O)N(CCN2CCOCC2)c2nc3c(F)cc(F)cc3s2)s1. The molecule has 1 amide bonds. The van der Waals surface area contributed by atoms with Crippen LogP contribution in [0.2, 0.25) is 0 Å². The fourth-order valence-corrected chi connectivity index (χ4v) is 5.16. The van der Waals surface area contributed by atoms with Gasteiger partial charge >= 0.3 is 0 Å². The number of carbonyl (C=O) groups excluding carboxylic acids is 1. The molecule has 0 bridgehead atoms. The minimum absolute atomic E-state index is 0.0766. The number of hydrogen-bond donors (Lipinski definition) is 0. The maximum Gasteiger partial charge on any atom is 0.272 e. The molecule has 2 aromatic heterocycles. The van der Waals surface area contributed by atoms with Crippen LogP contribution in [0, 0.1) is 25.5 Å². The van der Waals surface area contributed by atoms with Crippen LogP contribution in [-0.2, 0) is 4.74 Å². The minimum atomic E-state index is -0.729. The average Bonchev–Trinajstić information content (AvgIpc) is 3.25. The molecule has 154 valence electrons. The number of thiazole rings is 2. The molecule has 0 spiro atoms. The number of fused-ring (bicyclic) bond motifs is 1. The molecule has 1 fully saturated rings. The zero-order chi connectivity index (χ0) is 20.5. The zero-order valence-electron chi connectivity index (χ0n) is 16.1. The Hall–Kier alpha value is -2.01. The monoisotopic (exact) mass is 438 g/mol. The van der Waals surface area contributed by atoms with Crippen molar-refractivity contribution in [1.29, 1.82) is 0 Å². The van der Waals surface area contributed by atoms with Gasteiger partial charge in [-0.3, -0.25) is 14.6 Å². The lowest BCUT2D eigenvalue weighted by Crippen LogP contribution is -2.43. The Bertz CT molecular complexity index is 1050. The molecule has 0 aliphatic carbocycles. The summed E-state index contributed by atoms with van der Waals surface area (Å²) in [7, 11) is 0. The first-order valence-electron chi connectivity index (χ1n) is 9.24. The molecule has 0 atom stereocenters. The molecule has 10 heteroatoms. The lowest BCUT2D eigenvalue weighted by atomic mass is 10.3. The van der Waals surface area contributed by atoms with Crippen LogP contribution >= 0.6 is 22.7 Å². The van der Waals surface area contributed by atoms with Crippen molar-refractivity contribution in [3.05, 3.63) is 39.3 Å². The van der Waals surface area contributed by atoms with Crippen LogP contribution in [0.5, 0.6) is 0 Å². The van der Waals surface area contributed by atoms with Gasteiger partial charge in [-0.1, -0.05) is 11.3 Å². The van der Waals surface area contributed by atoms with E-state index in [4.69, 9.17) is 4.74 Å². The number of benzene rings is 1. The third-order valence-electron chi connectivity index (χ3n) is 4.72. The second-order valence-electron chi connectivity index (χ2n) is 6.79. The fraction of sp³-hybridized carbons (Fsp3) is 0.421. The lowest BCUT2D eigenvalue weighted by molar-refractivity contribution is 0.0391. The van der Waals surface area contributed by atoms with Crippen LogP contribution in [0.15, 0.2) is 12.1 Å². The Morgan fingerprint density at radius 3 is 2.66 bits per heavy atom. The minimum Gasteiger partial charge on any atom is -0.379 e. The number of anilines is 1. The number of nitrogens with zero attached hydrogens (tertiary/aromatic N) is 4. The van der Waals surface area contributed by atoms with Crippen LogP contribution in [-0.4, -0.2) is 60.2 Å². The summed E-state index contributed by atoms with van der Waals surface area (Å²) in [4.78, 5) is 26.3. The maximum atomic E-state index is 14.2. The number of hydrogen-bond acceptors (Lipinski definition) is 7. The zero-order valence-corrected chi connectivity index (χ0v) is 17.7. The summed E-state index contributed by atoms with van der Waals surface area (Å²) in [5.74, 6) is -1.61. The van der Waals surface area contributed by atoms with E-state index in [1.165, 1.54) is 17.4 Å².